The molecule has 0 radical (unpaired) electrons. The molecule has 4 rings (SSSR count). The van der Waals surface area contributed by atoms with E-state index in [2.05, 4.69) is 4.98 Å². The zero-order valence-corrected chi connectivity index (χ0v) is 22.2. The molecule has 0 saturated carbocycles. The maximum atomic E-state index is 12.3. The molecule has 0 aliphatic heterocycles. The summed E-state index contributed by atoms with van der Waals surface area (Å²) >= 11 is 15.6. The van der Waals surface area contributed by atoms with Crippen molar-refractivity contribution in [3.63, 3.8) is 0 Å². The van der Waals surface area contributed by atoms with Crippen LogP contribution in [-0.2, 0) is 12.3 Å². The molecule has 2 aromatic carbocycles. The number of halogens is 2. The van der Waals surface area contributed by atoms with E-state index in [4.69, 9.17) is 27.9 Å². The molecular formula is C25H24Cl2N2O3S2. The van der Waals surface area contributed by atoms with Gasteiger partial charge in [-0.2, -0.15) is 0 Å². The lowest BCUT2D eigenvalue weighted by Crippen LogP contribution is -2.12. The Balaban J connectivity index is 1.57. The van der Waals surface area contributed by atoms with Gasteiger partial charge in [0.15, 0.2) is 0 Å². The number of carboxylic acid groups (broad SMARTS) is 1. The number of carboxylic acids is 1. The standard InChI is InChI=1S/C25H24Cl2N2O3S2/c1-14-9-19(10-15(2)22(14)27)32-8-4-7-29-21-6-5-17(26)11-20(21)24(23(29)25(30)31)34-13-18-12-33-16(3)28-18/h5-6,9-12H,4,7-8,13H2,1-3H3,(H,30,31). The van der Waals surface area contributed by atoms with Crippen LogP contribution in [0, 0.1) is 20.8 Å². The lowest BCUT2D eigenvalue weighted by atomic mass is 10.1. The number of rotatable bonds is 9. The Bertz CT molecular complexity index is 1340. The third-order valence-electron chi connectivity index (χ3n) is 5.42. The maximum absolute atomic E-state index is 12.3. The molecule has 0 spiro atoms. The third kappa shape index (κ3) is 5.38. The van der Waals surface area contributed by atoms with Crippen LogP contribution in [0.5, 0.6) is 5.75 Å². The zero-order chi connectivity index (χ0) is 24.4. The largest absolute Gasteiger partial charge is 0.494 e. The Kier molecular flexibility index (Phi) is 7.77. The van der Waals surface area contributed by atoms with Crippen molar-refractivity contribution in [2.75, 3.05) is 6.61 Å². The van der Waals surface area contributed by atoms with Gasteiger partial charge in [0.2, 0.25) is 0 Å². The highest BCUT2D eigenvalue weighted by Gasteiger charge is 2.23. The molecule has 9 heteroatoms. The molecule has 0 aliphatic rings. The molecule has 0 saturated heterocycles. The topological polar surface area (TPSA) is 64.3 Å². The van der Waals surface area contributed by atoms with Crippen LogP contribution in [0.2, 0.25) is 10.0 Å². The molecule has 1 N–H and O–H groups in total. The molecule has 0 aliphatic carbocycles. The number of hydrogen-bond acceptors (Lipinski definition) is 5. The van der Waals surface area contributed by atoms with E-state index in [9.17, 15) is 9.90 Å². The molecule has 178 valence electrons. The highest BCUT2D eigenvalue weighted by molar-refractivity contribution is 7.98. The number of thiazole rings is 1. The number of aromatic carboxylic acids is 1. The molecule has 5 nitrogen and oxygen atoms in total. The minimum Gasteiger partial charge on any atom is -0.494 e. The normalized spacial score (nSPS) is 11.3. The van der Waals surface area contributed by atoms with Gasteiger partial charge in [0.25, 0.3) is 0 Å². The van der Waals surface area contributed by atoms with Gasteiger partial charge in [-0.1, -0.05) is 23.2 Å². The molecule has 0 bridgehead atoms. The van der Waals surface area contributed by atoms with E-state index in [0.29, 0.717) is 35.2 Å². The van der Waals surface area contributed by atoms with Crippen molar-refractivity contribution in [3.8, 4) is 5.75 Å². The smallest absolute Gasteiger partial charge is 0.353 e. The van der Waals surface area contributed by atoms with E-state index in [0.717, 1.165) is 43.5 Å². The number of aryl methyl sites for hydroxylation is 4. The molecule has 2 aromatic heterocycles. The van der Waals surface area contributed by atoms with E-state index >= 15 is 0 Å². The van der Waals surface area contributed by atoms with Crippen molar-refractivity contribution >= 4 is 63.2 Å². The van der Waals surface area contributed by atoms with E-state index < -0.39 is 5.97 Å². The molecular weight excluding hydrogens is 511 g/mol. The van der Waals surface area contributed by atoms with Crippen LogP contribution in [0.4, 0.5) is 0 Å². The number of carbonyl (C=O) groups is 1. The predicted molar refractivity (Wildman–Crippen MR) is 141 cm³/mol. The summed E-state index contributed by atoms with van der Waals surface area (Å²) in [4.78, 5) is 17.6. The predicted octanol–water partition coefficient (Wildman–Crippen LogP) is 7.79. The second kappa shape index (κ2) is 10.6. The first-order chi connectivity index (χ1) is 16.2. The van der Waals surface area contributed by atoms with Gasteiger partial charge in [-0.3, -0.25) is 0 Å². The van der Waals surface area contributed by atoms with Crippen LogP contribution in [0.1, 0.15) is 38.7 Å². The summed E-state index contributed by atoms with van der Waals surface area (Å²) in [5.41, 5.74) is 3.99. The van der Waals surface area contributed by atoms with Crippen LogP contribution in [0.3, 0.4) is 0 Å². The minimum atomic E-state index is -0.964. The minimum absolute atomic E-state index is 0.271. The molecule has 34 heavy (non-hydrogen) atoms. The van der Waals surface area contributed by atoms with E-state index in [1.807, 2.05) is 55.0 Å². The summed E-state index contributed by atoms with van der Waals surface area (Å²) in [6.07, 6.45) is 0.642. The quantitative estimate of drug-likeness (QED) is 0.175. The fraction of sp³-hybridized carbons (Fsp3) is 0.280. The summed E-state index contributed by atoms with van der Waals surface area (Å²) in [5, 5.41) is 15.3. The monoisotopic (exact) mass is 534 g/mol. The molecule has 0 atom stereocenters. The number of hydrogen-bond donors (Lipinski definition) is 1. The Labute approximate surface area is 216 Å². The van der Waals surface area contributed by atoms with Crippen molar-refractivity contribution in [1.82, 2.24) is 9.55 Å². The van der Waals surface area contributed by atoms with Gasteiger partial charge in [-0.15, -0.1) is 23.1 Å². The van der Waals surface area contributed by atoms with E-state index in [1.165, 1.54) is 11.8 Å². The van der Waals surface area contributed by atoms with Gasteiger partial charge in [0.05, 0.1) is 17.3 Å². The summed E-state index contributed by atoms with van der Waals surface area (Å²) in [7, 11) is 0. The van der Waals surface area contributed by atoms with Crippen LogP contribution in [0.25, 0.3) is 10.9 Å². The Hall–Kier alpha value is -2.19. The van der Waals surface area contributed by atoms with Gasteiger partial charge < -0.3 is 14.4 Å². The van der Waals surface area contributed by atoms with E-state index in [-0.39, 0.29) is 5.69 Å². The fourth-order valence-electron chi connectivity index (χ4n) is 3.91. The maximum Gasteiger partial charge on any atom is 0.353 e. The number of aromatic nitrogens is 2. The Morgan fingerprint density at radius 2 is 1.91 bits per heavy atom. The summed E-state index contributed by atoms with van der Waals surface area (Å²) in [5.74, 6) is 0.389. The first-order valence-corrected chi connectivity index (χ1v) is 13.3. The van der Waals surface area contributed by atoms with Gasteiger partial charge in [0, 0.05) is 43.5 Å². The molecule has 0 amide bonds. The van der Waals surface area contributed by atoms with Crippen molar-refractivity contribution < 1.29 is 14.6 Å². The van der Waals surface area contributed by atoms with Crippen molar-refractivity contribution in [3.05, 3.63) is 73.3 Å². The highest BCUT2D eigenvalue weighted by atomic mass is 35.5. The number of ether oxygens (including phenoxy) is 1. The fourth-order valence-corrected chi connectivity index (χ4v) is 6.00. The van der Waals surface area contributed by atoms with Crippen LogP contribution in [-0.4, -0.2) is 27.2 Å². The molecule has 2 heterocycles. The van der Waals surface area contributed by atoms with Gasteiger partial charge in [-0.25, -0.2) is 9.78 Å². The van der Waals surface area contributed by atoms with E-state index in [1.54, 1.807) is 17.4 Å². The molecule has 0 fully saturated rings. The van der Waals surface area contributed by atoms with Gasteiger partial charge in [-0.05, 0) is 68.7 Å². The lowest BCUT2D eigenvalue weighted by Gasteiger charge is -2.12. The average molecular weight is 536 g/mol. The number of benzene rings is 2. The Morgan fingerprint density at radius 1 is 1.18 bits per heavy atom. The van der Waals surface area contributed by atoms with Gasteiger partial charge in [0.1, 0.15) is 11.4 Å². The summed E-state index contributed by atoms with van der Waals surface area (Å²) in [6.45, 7) is 6.81. The Morgan fingerprint density at radius 3 is 2.56 bits per heavy atom. The third-order valence-corrected chi connectivity index (χ3v) is 8.21. The summed E-state index contributed by atoms with van der Waals surface area (Å²) in [6, 6.07) is 9.35. The second-order valence-electron chi connectivity index (χ2n) is 8.02. The zero-order valence-electron chi connectivity index (χ0n) is 19.0. The van der Waals surface area contributed by atoms with Crippen LogP contribution < -0.4 is 4.74 Å². The lowest BCUT2D eigenvalue weighted by molar-refractivity contribution is 0.0681. The van der Waals surface area contributed by atoms with Crippen molar-refractivity contribution in [2.45, 2.75) is 44.4 Å². The number of fused-ring (bicyclic) bond motifs is 1. The first-order valence-electron chi connectivity index (χ1n) is 10.7. The van der Waals surface area contributed by atoms with Crippen LogP contribution in [0.15, 0.2) is 40.6 Å². The number of thioether (sulfide) groups is 1. The summed E-state index contributed by atoms with van der Waals surface area (Å²) < 4.78 is 7.79. The highest BCUT2D eigenvalue weighted by Crippen LogP contribution is 2.38. The molecule has 4 aromatic rings. The second-order valence-corrected chi connectivity index (χ2v) is 10.9. The van der Waals surface area contributed by atoms with Gasteiger partial charge >= 0.3 is 5.97 Å². The number of nitrogens with zero attached hydrogens (tertiary/aromatic N) is 2. The average Bonchev–Trinajstić information content (AvgIpc) is 3.33. The van der Waals surface area contributed by atoms with Crippen molar-refractivity contribution in [2.24, 2.45) is 0 Å². The molecule has 0 unspecified atom stereocenters. The first kappa shape index (κ1) is 24.9. The SMILES string of the molecule is Cc1nc(CSc2c(C(=O)O)n(CCCOc3cc(C)c(Cl)c(C)c3)c3ccc(Cl)cc23)cs1. The van der Waals surface area contributed by atoms with Crippen LogP contribution >= 0.6 is 46.3 Å². The van der Waals surface area contributed by atoms with Crippen molar-refractivity contribution in [1.29, 1.82) is 0 Å².